The molecule has 5 nitrogen and oxygen atoms in total. The normalized spacial score (nSPS) is 18.8. The second-order valence-corrected chi connectivity index (χ2v) is 4.24. The van der Waals surface area contributed by atoms with Crippen molar-refractivity contribution in [2.24, 2.45) is 0 Å². The summed E-state index contributed by atoms with van der Waals surface area (Å²) in [4.78, 5) is 23.3. The molecule has 17 heavy (non-hydrogen) atoms. The lowest BCUT2D eigenvalue weighted by atomic mass is 9.69. The van der Waals surface area contributed by atoms with Crippen molar-refractivity contribution < 1.29 is 14.3 Å². The number of ether oxygens (including phenoxy) is 1. The molecule has 2 rings (SSSR count). The zero-order valence-electron chi connectivity index (χ0n) is 9.68. The number of carbonyl (C=O) groups is 2. The molecule has 0 bridgehead atoms. The second kappa shape index (κ2) is 4.61. The molecule has 1 aliphatic rings. The van der Waals surface area contributed by atoms with Crippen molar-refractivity contribution in [3.63, 3.8) is 0 Å². The van der Waals surface area contributed by atoms with Gasteiger partial charge in [0.05, 0.1) is 18.7 Å². The van der Waals surface area contributed by atoms with E-state index in [1.54, 1.807) is 18.5 Å². The van der Waals surface area contributed by atoms with E-state index in [-0.39, 0.29) is 11.8 Å². The van der Waals surface area contributed by atoms with Crippen molar-refractivity contribution in [1.82, 2.24) is 10.2 Å². The van der Waals surface area contributed by atoms with Crippen LogP contribution in [0.1, 0.15) is 31.2 Å². The zero-order valence-corrected chi connectivity index (χ0v) is 9.68. The van der Waals surface area contributed by atoms with Gasteiger partial charge in [0.1, 0.15) is 5.78 Å². The molecule has 1 saturated carbocycles. The Morgan fingerprint density at radius 3 is 2.59 bits per heavy atom. The van der Waals surface area contributed by atoms with Crippen LogP contribution in [0.15, 0.2) is 18.5 Å². The molecule has 1 heterocycles. The largest absolute Gasteiger partial charge is 0.468 e. The maximum absolute atomic E-state index is 12.0. The van der Waals surface area contributed by atoms with Crippen LogP contribution >= 0.6 is 0 Å². The van der Waals surface area contributed by atoms with E-state index in [4.69, 9.17) is 4.74 Å². The molecule has 0 amide bonds. The molecule has 0 N–H and O–H groups in total. The molecule has 90 valence electrons. The van der Waals surface area contributed by atoms with Gasteiger partial charge in [0.25, 0.3) is 0 Å². The van der Waals surface area contributed by atoms with Gasteiger partial charge in [0.15, 0.2) is 0 Å². The van der Waals surface area contributed by atoms with Gasteiger partial charge in [-0.05, 0) is 24.5 Å². The van der Waals surface area contributed by atoms with Crippen LogP contribution in [0, 0.1) is 0 Å². The first-order valence-electron chi connectivity index (χ1n) is 5.56. The summed E-state index contributed by atoms with van der Waals surface area (Å²) in [6, 6.07) is 1.76. The number of Topliss-reactive ketones (excluding diaryl/α,β-unsaturated/α-hetero) is 1. The van der Waals surface area contributed by atoms with Crippen molar-refractivity contribution >= 4 is 11.8 Å². The van der Waals surface area contributed by atoms with Crippen LogP contribution in [-0.2, 0) is 19.7 Å². The van der Waals surface area contributed by atoms with E-state index in [1.807, 2.05) is 0 Å². The summed E-state index contributed by atoms with van der Waals surface area (Å²) in [6.07, 6.45) is 4.94. The highest BCUT2D eigenvalue weighted by molar-refractivity contribution is 5.88. The van der Waals surface area contributed by atoms with Crippen molar-refractivity contribution in [3.05, 3.63) is 24.0 Å². The minimum atomic E-state index is -0.724. The number of methoxy groups -OCH3 is 1. The van der Waals surface area contributed by atoms with E-state index in [0.29, 0.717) is 25.7 Å². The lowest BCUT2D eigenvalue weighted by Gasteiger charge is -2.33. The molecule has 1 aliphatic carbocycles. The molecule has 1 fully saturated rings. The van der Waals surface area contributed by atoms with Crippen LogP contribution in [0.3, 0.4) is 0 Å². The Morgan fingerprint density at radius 2 is 2.06 bits per heavy atom. The van der Waals surface area contributed by atoms with Gasteiger partial charge >= 0.3 is 5.97 Å². The van der Waals surface area contributed by atoms with Crippen molar-refractivity contribution in [3.8, 4) is 0 Å². The first-order chi connectivity index (χ1) is 8.19. The number of nitrogens with zero attached hydrogens (tertiary/aromatic N) is 2. The lowest BCUT2D eigenvalue weighted by Crippen LogP contribution is -2.40. The molecular formula is C12H14N2O3. The van der Waals surface area contributed by atoms with Gasteiger partial charge in [0.2, 0.25) is 0 Å². The number of esters is 1. The number of carbonyl (C=O) groups excluding carboxylic acids is 2. The number of ketones is 1. The third-order valence-corrected chi connectivity index (χ3v) is 3.37. The fourth-order valence-corrected chi connectivity index (χ4v) is 2.34. The Hall–Kier alpha value is -1.78. The van der Waals surface area contributed by atoms with Crippen molar-refractivity contribution in [2.45, 2.75) is 31.1 Å². The van der Waals surface area contributed by atoms with Gasteiger partial charge in [-0.3, -0.25) is 9.59 Å². The van der Waals surface area contributed by atoms with E-state index >= 15 is 0 Å². The van der Waals surface area contributed by atoms with Crippen LogP contribution in [0.25, 0.3) is 0 Å². The van der Waals surface area contributed by atoms with E-state index in [1.165, 1.54) is 7.11 Å². The molecule has 5 heteroatoms. The van der Waals surface area contributed by atoms with E-state index in [2.05, 4.69) is 10.2 Å². The third kappa shape index (κ3) is 2.05. The Bertz CT molecular complexity index is 421. The van der Waals surface area contributed by atoms with Gasteiger partial charge in [-0.1, -0.05) is 0 Å². The van der Waals surface area contributed by atoms with E-state index < -0.39 is 5.41 Å². The van der Waals surface area contributed by atoms with Crippen LogP contribution < -0.4 is 0 Å². The summed E-state index contributed by atoms with van der Waals surface area (Å²) in [7, 11) is 1.37. The van der Waals surface area contributed by atoms with E-state index in [0.717, 1.165) is 5.56 Å². The molecular weight excluding hydrogens is 220 g/mol. The molecule has 0 saturated heterocycles. The van der Waals surface area contributed by atoms with Gasteiger partial charge in [0, 0.05) is 19.0 Å². The second-order valence-electron chi connectivity index (χ2n) is 4.24. The summed E-state index contributed by atoms with van der Waals surface area (Å²) in [5, 5.41) is 7.50. The van der Waals surface area contributed by atoms with Crippen LogP contribution in [0.5, 0.6) is 0 Å². The molecule has 1 aromatic heterocycles. The van der Waals surface area contributed by atoms with Crippen molar-refractivity contribution in [2.75, 3.05) is 7.11 Å². The van der Waals surface area contributed by atoms with Gasteiger partial charge in [-0.15, -0.1) is 0 Å². The molecule has 0 atom stereocenters. The average Bonchev–Trinajstić information content (AvgIpc) is 2.40. The maximum Gasteiger partial charge on any atom is 0.316 e. The molecule has 0 unspecified atom stereocenters. The third-order valence-electron chi connectivity index (χ3n) is 3.37. The first-order valence-corrected chi connectivity index (χ1v) is 5.56. The standard InChI is InChI=1S/C12H14N2O3/c1-17-11(16)12(5-2-10(15)3-6-12)9-4-7-13-14-8-9/h4,7-8H,2-3,5-6H2,1H3. The maximum atomic E-state index is 12.0. The fraction of sp³-hybridized carbons (Fsp3) is 0.500. The van der Waals surface area contributed by atoms with E-state index in [9.17, 15) is 9.59 Å². The zero-order chi connectivity index (χ0) is 12.3. The molecule has 0 aliphatic heterocycles. The van der Waals surface area contributed by atoms with Crippen LogP contribution in [0.2, 0.25) is 0 Å². The number of hydrogen-bond donors (Lipinski definition) is 0. The topological polar surface area (TPSA) is 69.2 Å². The number of aromatic nitrogens is 2. The predicted molar refractivity (Wildman–Crippen MR) is 59.2 cm³/mol. The fourth-order valence-electron chi connectivity index (χ4n) is 2.34. The van der Waals surface area contributed by atoms with Gasteiger partial charge in [-0.2, -0.15) is 10.2 Å². The monoisotopic (exact) mass is 234 g/mol. The summed E-state index contributed by atoms with van der Waals surface area (Å²) in [5.41, 5.74) is 0.0605. The average molecular weight is 234 g/mol. The molecule has 0 spiro atoms. The summed E-state index contributed by atoms with van der Waals surface area (Å²) < 4.78 is 4.88. The van der Waals surface area contributed by atoms with Gasteiger partial charge < -0.3 is 4.74 Å². The molecule has 1 aromatic rings. The highest BCUT2D eigenvalue weighted by Crippen LogP contribution is 2.38. The predicted octanol–water partition coefficient (Wildman–Crippen LogP) is 1.03. The summed E-state index contributed by atoms with van der Waals surface area (Å²) in [5.74, 6) is -0.0930. The number of hydrogen-bond acceptors (Lipinski definition) is 5. The van der Waals surface area contributed by atoms with Gasteiger partial charge in [-0.25, -0.2) is 0 Å². The number of rotatable bonds is 2. The van der Waals surface area contributed by atoms with Crippen molar-refractivity contribution in [1.29, 1.82) is 0 Å². The first kappa shape index (κ1) is 11.7. The smallest absolute Gasteiger partial charge is 0.316 e. The minimum Gasteiger partial charge on any atom is -0.468 e. The molecule has 0 aromatic carbocycles. The van der Waals surface area contributed by atoms with Crippen LogP contribution in [0.4, 0.5) is 0 Å². The minimum absolute atomic E-state index is 0.201. The van der Waals surface area contributed by atoms with Crippen LogP contribution in [-0.4, -0.2) is 29.1 Å². The summed E-state index contributed by atoms with van der Waals surface area (Å²) >= 11 is 0. The lowest BCUT2D eigenvalue weighted by molar-refractivity contribution is -0.149. The Morgan fingerprint density at radius 1 is 1.35 bits per heavy atom. The quantitative estimate of drug-likeness (QED) is 0.715. The highest BCUT2D eigenvalue weighted by Gasteiger charge is 2.44. The highest BCUT2D eigenvalue weighted by atomic mass is 16.5. The molecule has 0 radical (unpaired) electrons. The SMILES string of the molecule is COC(=O)C1(c2ccnnc2)CCC(=O)CC1. The Balaban J connectivity index is 2.38. The Labute approximate surface area is 99.2 Å². The Kier molecular flexibility index (Phi) is 3.17. The summed E-state index contributed by atoms with van der Waals surface area (Å²) in [6.45, 7) is 0.